The van der Waals surface area contributed by atoms with Gasteiger partial charge in [0.15, 0.2) is 10.9 Å². The van der Waals surface area contributed by atoms with E-state index in [-0.39, 0.29) is 28.2 Å². The number of hydrogen-bond acceptors (Lipinski definition) is 7. The zero-order valence-corrected chi connectivity index (χ0v) is 21.9. The summed E-state index contributed by atoms with van der Waals surface area (Å²) in [6.07, 6.45) is 0.301. The van der Waals surface area contributed by atoms with Crippen molar-refractivity contribution in [3.63, 3.8) is 0 Å². The maximum Gasteiger partial charge on any atom is 0.329 e. The normalized spacial score (nSPS) is 12.6. The first-order valence-electron chi connectivity index (χ1n) is 11.9. The molecule has 3 N–H and O–H groups in total. The number of Topliss-reactive ketones (excluding diaryl/α,β-unsaturated/α-hetero) is 1. The van der Waals surface area contributed by atoms with Crippen LogP contribution in [0.2, 0.25) is 0 Å². The van der Waals surface area contributed by atoms with Crippen LogP contribution in [0.4, 0.5) is 10.8 Å². The molecule has 192 valence electrons. The highest BCUT2D eigenvalue weighted by Crippen LogP contribution is 2.35. The summed E-state index contributed by atoms with van der Waals surface area (Å²) in [5.74, 6) is -1.49. The van der Waals surface area contributed by atoms with Gasteiger partial charge in [0.2, 0.25) is 11.8 Å². The number of aromatic hydroxyl groups is 1. The van der Waals surface area contributed by atoms with E-state index in [1.165, 1.54) is 0 Å². The molecule has 9 nitrogen and oxygen atoms in total. The average Bonchev–Trinajstić information content (AvgIpc) is 3.48. The molecule has 1 amide bonds. The lowest BCUT2D eigenvalue weighted by Crippen LogP contribution is -2.35. The van der Waals surface area contributed by atoms with Crippen LogP contribution < -0.4 is 15.9 Å². The molecule has 0 spiro atoms. The minimum Gasteiger partial charge on any atom is -0.493 e. The van der Waals surface area contributed by atoms with E-state index in [0.717, 1.165) is 27.2 Å². The Labute approximate surface area is 218 Å². The van der Waals surface area contributed by atoms with Gasteiger partial charge in [-0.2, -0.15) is 0 Å². The number of carbonyl (C=O) groups excluding carboxylic acids is 2. The van der Waals surface area contributed by atoms with Crippen LogP contribution in [0.15, 0.2) is 64.8 Å². The van der Waals surface area contributed by atoms with Gasteiger partial charge in [-0.25, -0.2) is 14.3 Å². The molecule has 2 heterocycles. The fraction of sp³-hybridized carbons (Fsp3) is 0.259. The zero-order valence-electron chi connectivity index (χ0n) is 21.1. The molecule has 10 heteroatoms. The number of benzene rings is 2. The summed E-state index contributed by atoms with van der Waals surface area (Å²) < 4.78 is 1.08. The summed E-state index contributed by atoms with van der Waals surface area (Å²) in [6.45, 7) is 3.56. The van der Waals surface area contributed by atoms with Gasteiger partial charge in [-0.15, -0.1) is 11.3 Å². The summed E-state index contributed by atoms with van der Waals surface area (Å²) in [5, 5.41) is 15.8. The number of rotatable bonds is 9. The van der Waals surface area contributed by atoms with E-state index in [1.807, 2.05) is 68.4 Å². The number of aromatic amines is 1. The molecule has 0 bridgehead atoms. The van der Waals surface area contributed by atoms with E-state index in [1.54, 1.807) is 24.4 Å². The molecule has 0 radical (unpaired) electrons. The maximum absolute atomic E-state index is 13.6. The van der Waals surface area contributed by atoms with E-state index in [0.29, 0.717) is 12.0 Å². The first-order valence-corrected chi connectivity index (χ1v) is 12.7. The molecular formula is C27H29N5O4S. The Kier molecular flexibility index (Phi) is 7.58. The molecule has 4 rings (SSSR count). The van der Waals surface area contributed by atoms with Crippen LogP contribution >= 0.6 is 11.3 Å². The lowest BCUT2D eigenvalue weighted by atomic mass is 9.92. The molecule has 0 unspecified atom stereocenters. The fourth-order valence-electron chi connectivity index (χ4n) is 4.15. The van der Waals surface area contributed by atoms with E-state index in [2.05, 4.69) is 15.3 Å². The number of thiazole rings is 1. The Balaban J connectivity index is 1.75. The van der Waals surface area contributed by atoms with Gasteiger partial charge in [0, 0.05) is 43.1 Å². The molecule has 4 aromatic rings. The average molecular weight is 520 g/mol. The molecule has 0 aliphatic carbocycles. The van der Waals surface area contributed by atoms with Crippen molar-refractivity contribution in [3.8, 4) is 17.1 Å². The van der Waals surface area contributed by atoms with Crippen molar-refractivity contribution in [2.75, 3.05) is 24.3 Å². The quantitative estimate of drug-likeness (QED) is 0.277. The summed E-state index contributed by atoms with van der Waals surface area (Å²) in [7, 11) is 3.84. The van der Waals surface area contributed by atoms with Gasteiger partial charge in [0.1, 0.15) is 17.4 Å². The first-order chi connectivity index (χ1) is 17.7. The maximum atomic E-state index is 13.6. The summed E-state index contributed by atoms with van der Waals surface area (Å²) in [6, 6.07) is 15.5. The number of carbonyl (C=O) groups is 2. The molecule has 0 aliphatic rings. The zero-order chi connectivity index (χ0) is 26.7. The fourth-order valence-corrected chi connectivity index (χ4v) is 4.87. The number of aromatic nitrogens is 3. The molecule has 2 atom stereocenters. The van der Waals surface area contributed by atoms with Crippen LogP contribution in [0.25, 0.3) is 11.3 Å². The van der Waals surface area contributed by atoms with Crippen molar-refractivity contribution in [1.82, 2.24) is 14.5 Å². The van der Waals surface area contributed by atoms with Crippen molar-refractivity contribution < 1.29 is 14.7 Å². The van der Waals surface area contributed by atoms with Gasteiger partial charge >= 0.3 is 5.69 Å². The second-order valence-corrected chi connectivity index (χ2v) is 9.75. The standard InChI is InChI=1S/C27H29N5O4S/c1-5-21(33)20-15-37-26(28-20)30-24(34)23(16(2)17-9-7-6-8-10-17)32-25(35)22(29-27(32)36)18-11-13-19(14-12-18)31(3)4/h6-16,23,35H,5H2,1-4H3,(H,29,36)(H,28,30,34)/t16-,23-/m0/s1. The van der Waals surface area contributed by atoms with Crippen LogP contribution in [0.3, 0.4) is 0 Å². The smallest absolute Gasteiger partial charge is 0.329 e. The Morgan fingerprint density at radius 2 is 1.81 bits per heavy atom. The topological polar surface area (TPSA) is 120 Å². The summed E-state index contributed by atoms with van der Waals surface area (Å²) in [5.41, 5.74) is 2.26. The minimum atomic E-state index is -1.10. The van der Waals surface area contributed by atoms with Gasteiger partial charge in [0.25, 0.3) is 0 Å². The van der Waals surface area contributed by atoms with E-state index in [4.69, 9.17) is 0 Å². The SMILES string of the molecule is CCC(=O)c1csc(NC(=O)[C@H]([C@@H](C)c2ccccc2)n2c(O)c(-c3ccc(N(C)C)cc3)[nH]c2=O)n1. The van der Waals surface area contributed by atoms with E-state index < -0.39 is 23.6 Å². The number of anilines is 2. The van der Waals surface area contributed by atoms with Crippen molar-refractivity contribution in [3.05, 3.63) is 81.7 Å². The van der Waals surface area contributed by atoms with Crippen LogP contribution in [0.1, 0.15) is 48.3 Å². The number of amides is 1. The molecule has 2 aromatic heterocycles. The number of nitrogens with zero attached hydrogens (tertiary/aromatic N) is 3. The second-order valence-electron chi connectivity index (χ2n) is 8.89. The highest BCUT2D eigenvalue weighted by atomic mass is 32.1. The number of hydrogen-bond donors (Lipinski definition) is 3. The van der Waals surface area contributed by atoms with Crippen molar-refractivity contribution in [2.24, 2.45) is 0 Å². The second kappa shape index (κ2) is 10.8. The van der Waals surface area contributed by atoms with Gasteiger partial charge < -0.3 is 20.3 Å². The molecule has 0 saturated carbocycles. The highest BCUT2D eigenvalue weighted by molar-refractivity contribution is 7.14. The first kappa shape index (κ1) is 25.9. The van der Waals surface area contributed by atoms with Gasteiger partial charge in [0.05, 0.1) is 0 Å². The Bertz CT molecular complexity index is 1450. The van der Waals surface area contributed by atoms with Crippen LogP contribution in [-0.2, 0) is 4.79 Å². The van der Waals surface area contributed by atoms with Gasteiger partial charge in [-0.1, -0.05) is 56.3 Å². The molecular weight excluding hydrogens is 490 g/mol. The number of H-pyrrole nitrogens is 1. The van der Waals surface area contributed by atoms with E-state index >= 15 is 0 Å². The molecule has 0 aliphatic heterocycles. The minimum absolute atomic E-state index is 0.129. The summed E-state index contributed by atoms with van der Waals surface area (Å²) >= 11 is 1.13. The molecule has 37 heavy (non-hydrogen) atoms. The predicted molar refractivity (Wildman–Crippen MR) is 146 cm³/mol. The van der Waals surface area contributed by atoms with Crippen LogP contribution in [0, 0.1) is 0 Å². The summed E-state index contributed by atoms with van der Waals surface area (Å²) in [4.78, 5) is 47.7. The van der Waals surface area contributed by atoms with Crippen molar-refractivity contribution >= 4 is 33.8 Å². The molecule has 2 aromatic carbocycles. The van der Waals surface area contributed by atoms with Crippen LogP contribution in [-0.4, -0.2) is 45.4 Å². The lowest BCUT2D eigenvalue weighted by Gasteiger charge is -2.24. The Morgan fingerprint density at radius 3 is 2.43 bits per heavy atom. The highest BCUT2D eigenvalue weighted by Gasteiger charge is 2.33. The van der Waals surface area contributed by atoms with E-state index in [9.17, 15) is 19.5 Å². The lowest BCUT2D eigenvalue weighted by molar-refractivity contribution is -0.120. The number of imidazole rings is 1. The predicted octanol–water partition coefficient (Wildman–Crippen LogP) is 4.65. The van der Waals surface area contributed by atoms with Gasteiger partial charge in [-0.05, 0) is 17.7 Å². The molecule has 0 saturated heterocycles. The van der Waals surface area contributed by atoms with Crippen molar-refractivity contribution in [2.45, 2.75) is 32.2 Å². The Morgan fingerprint density at radius 1 is 1.14 bits per heavy atom. The molecule has 0 fully saturated rings. The third kappa shape index (κ3) is 5.34. The Hall–Kier alpha value is -4.18. The van der Waals surface area contributed by atoms with Crippen LogP contribution in [0.5, 0.6) is 5.88 Å². The number of ketones is 1. The van der Waals surface area contributed by atoms with Crippen molar-refractivity contribution in [1.29, 1.82) is 0 Å². The number of nitrogens with one attached hydrogen (secondary N) is 2. The third-order valence-corrected chi connectivity index (χ3v) is 7.02. The third-order valence-electron chi connectivity index (χ3n) is 6.26. The van der Waals surface area contributed by atoms with Gasteiger partial charge in [-0.3, -0.25) is 9.59 Å². The monoisotopic (exact) mass is 519 g/mol. The largest absolute Gasteiger partial charge is 0.493 e.